The number of benzene rings is 2. The molecule has 15 heteroatoms. The number of aryl methyl sites for hydroxylation is 4. The van der Waals surface area contributed by atoms with E-state index < -0.39 is 5.97 Å². The van der Waals surface area contributed by atoms with E-state index in [0.717, 1.165) is 63.7 Å². The van der Waals surface area contributed by atoms with Crippen molar-refractivity contribution in [2.75, 3.05) is 36.8 Å². The molecule has 0 bridgehead atoms. The summed E-state index contributed by atoms with van der Waals surface area (Å²) in [5.41, 5.74) is 7.92. The van der Waals surface area contributed by atoms with E-state index >= 15 is 0 Å². The second-order valence-corrected chi connectivity index (χ2v) is 15.1. The highest BCUT2D eigenvalue weighted by Gasteiger charge is 2.34. The summed E-state index contributed by atoms with van der Waals surface area (Å²) in [4.78, 5) is 55.5. The van der Waals surface area contributed by atoms with E-state index in [4.69, 9.17) is 13.9 Å². The summed E-state index contributed by atoms with van der Waals surface area (Å²) in [6.45, 7) is 7.68. The molecule has 6 aromatic rings. The number of hydrogen-bond acceptors (Lipinski definition) is 9. The quantitative estimate of drug-likeness (QED) is 0.120. The standard InChI is InChI=1S/C23H21N3O3.C12H13NO.C11H10N2O3.2ClH/c1-14-18-4-2-3-5-19(18)29-22(14)17-12-26(13-17)21(28)9-6-15-10-16-7-8-20(27)25-23(16)24-11-15;1-8-10-4-2-3-5-11(10)14-12(8)9-6-13-7-9;14-9-3-2-8-5-7(1-4-10(15)16)6-12-11(8)13-9;;/h2-6,9-11,17H,7-8,12-13H2,1H3,(H,24,25,27);2-5,9,13H,6-7H2,1H3;1,4-6H,2-3H2,(H,15,16)(H,12,13,14);2*1H/b9-6+;;4-1+;;. The van der Waals surface area contributed by atoms with E-state index in [2.05, 4.69) is 58.0 Å². The van der Waals surface area contributed by atoms with Gasteiger partial charge in [-0.15, -0.1) is 24.8 Å². The monoisotopic (exact) mass is 864 g/mol. The average molecular weight is 866 g/mol. The summed E-state index contributed by atoms with van der Waals surface area (Å²) in [5, 5.41) is 19.6. The number of anilines is 2. The fourth-order valence-corrected chi connectivity index (χ4v) is 7.64. The van der Waals surface area contributed by atoms with Gasteiger partial charge in [-0.25, -0.2) is 14.8 Å². The van der Waals surface area contributed by atoms with E-state index in [0.29, 0.717) is 56.3 Å². The summed E-state index contributed by atoms with van der Waals surface area (Å²) in [6, 6.07) is 20.1. The predicted octanol–water partition coefficient (Wildman–Crippen LogP) is 8.00. The molecule has 61 heavy (non-hydrogen) atoms. The van der Waals surface area contributed by atoms with Crippen LogP contribution >= 0.6 is 24.8 Å². The third kappa shape index (κ3) is 10.0. The Morgan fingerprint density at radius 3 is 1.64 bits per heavy atom. The minimum Gasteiger partial charge on any atom is -0.478 e. The number of para-hydroxylation sites is 2. The first-order valence-corrected chi connectivity index (χ1v) is 19.7. The predicted molar refractivity (Wildman–Crippen MR) is 239 cm³/mol. The van der Waals surface area contributed by atoms with Gasteiger partial charge < -0.3 is 34.8 Å². The molecule has 4 aliphatic heterocycles. The third-order valence-corrected chi connectivity index (χ3v) is 11.0. The van der Waals surface area contributed by atoms with Gasteiger partial charge in [-0.05, 0) is 96.5 Å². The highest BCUT2D eigenvalue weighted by Crippen LogP contribution is 2.36. The number of fused-ring (bicyclic) bond motifs is 4. The Hall–Kier alpha value is -6.28. The van der Waals surface area contributed by atoms with Crippen molar-refractivity contribution in [1.82, 2.24) is 20.2 Å². The molecule has 0 radical (unpaired) electrons. The number of nitrogens with zero attached hydrogens (tertiary/aromatic N) is 3. The van der Waals surface area contributed by atoms with Crippen molar-refractivity contribution in [2.45, 2.75) is 51.4 Å². The first-order chi connectivity index (χ1) is 28.6. The lowest BCUT2D eigenvalue weighted by molar-refractivity contribution is -0.131. The second kappa shape index (κ2) is 19.4. The number of furan rings is 2. The van der Waals surface area contributed by atoms with Crippen LogP contribution in [-0.2, 0) is 32.0 Å². The number of likely N-dealkylation sites (tertiary alicyclic amines) is 1. The van der Waals surface area contributed by atoms with E-state index in [1.54, 1.807) is 18.3 Å². The van der Waals surface area contributed by atoms with Crippen LogP contribution in [0.3, 0.4) is 0 Å². The lowest BCUT2D eigenvalue weighted by Crippen LogP contribution is -2.47. The molecule has 2 saturated heterocycles. The zero-order valence-electron chi connectivity index (χ0n) is 33.6. The summed E-state index contributed by atoms with van der Waals surface area (Å²) >= 11 is 0. The van der Waals surface area contributed by atoms with Crippen molar-refractivity contribution in [3.8, 4) is 0 Å². The molecule has 316 valence electrons. The Labute approximate surface area is 364 Å². The molecule has 2 fully saturated rings. The van der Waals surface area contributed by atoms with E-state index in [-0.39, 0.29) is 48.5 Å². The van der Waals surface area contributed by atoms with Gasteiger partial charge in [0.05, 0.1) is 5.92 Å². The minimum absolute atomic E-state index is 0. The normalized spacial score (nSPS) is 15.7. The highest BCUT2D eigenvalue weighted by molar-refractivity contribution is 5.95. The Kier molecular flexibility index (Phi) is 14.1. The molecule has 13 nitrogen and oxygen atoms in total. The van der Waals surface area contributed by atoms with Crippen molar-refractivity contribution in [2.24, 2.45) is 0 Å². The van der Waals surface area contributed by atoms with Crippen molar-refractivity contribution < 1.29 is 33.1 Å². The van der Waals surface area contributed by atoms with Crippen LogP contribution in [0.1, 0.15) is 69.6 Å². The van der Waals surface area contributed by atoms with E-state index in [9.17, 15) is 19.2 Å². The van der Waals surface area contributed by atoms with E-state index in [1.165, 1.54) is 34.5 Å². The molecule has 10 rings (SSSR count). The van der Waals surface area contributed by atoms with Gasteiger partial charge in [-0.1, -0.05) is 36.4 Å². The summed E-state index contributed by atoms with van der Waals surface area (Å²) in [6.07, 6.45) is 11.3. The number of carbonyl (C=O) groups excluding carboxylic acids is 3. The fraction of sp³-hybridized carbons (Fsp3) is 0.261. The smallest absolute Gasteiger partial charge is 0.328 e. The lowest BCUT2D eigenvalue weighted by Gasteiger charge is -2.37. The number of pyridine rings is 2. The third-order valence-electron chi connectivity index (χ3n) is 11.0. The molecule has 8 heterocycles. The zero-order valence-corrected chi connectivity index (χ0v) is 35.2. The van der Waals surface area contributed by atoms with Gasteiger partial charge in [-0.2, -0.15) is 0 Å². The van der Waals surface area contributed by atoms with Crippen molar-refractivity contribution in [3.63, 3.8) is 0 Å². The SMILES string of the molecule is Cc1c(C2CN(C(=O)/C=C/c3cnc4c(c3)CCC(=O)N4)C2)oc2ccccc12.Cc1c(C2CNC2)oc2ccccc12.Cl.Cl.O=C(O)/C=C/c1cnc2c(c1)CCC(=O)N2. The van der Waals surface area contributed by atoms with Gasteiger partial charge in [0.25, 0.3) is 0 Å². The number of amides is 3. The van der Waals surface area contributed by atoms with Gasteiger partial charge in [0.2, 0.25) is 17.7 Å². The number of carboxylic acids is 1. The van der Waals surface area contributed by atoms with Crippen molar-refractivity contribution in [1.29, 1.82) is 0 Å². The Bertz CT molecular complexity index is 2660. The van der Waals surface area contributed by atoms with Gasteiger partial charge in [0.15, 0.2) is 0 Å². The van der Waals surface area contributed by atoms with Crippen LogP contribution in [0.5, 0.6) is 0 Å². The number of aliphatic carboxylic acids is 1. The van der Waals surface area contributed by atoms with Crippen LogP contribution in [0, 0.1) is 13.8 Å². The number of hydrogen-bond donors (Lipinski definition) is 4. The Balaban J connectivity index is 0.000000165. The van der Waals surface area contributed by atoms with Crippen LogP contribution in [0.25, 0.3) is 34.1 Å². The van der Waals surface area contributed by atoms with Gasteiger partial charge >= 0.3 is 5.97 Å². The van der Waals surface area contributed by atoms with Crippen LogP contribution in [0.15, 0.2) is 94.0 Å². The maximum atomic E-state index is 12.5. The molecule has 4 N–H and O–H groups in total. The number of aromatic nitrogens is 2. The number of carboxylic acid groups (broad SMARTS) is 1. The largest absolute Gasteiger partial charge is 0.478 e. The average Bonchev–Trinajstić information content (AvgIpc) is 3.70. The molecule has 0 spiro atoms. The van der Waals surface area contributed by atoms with Crippen molar-refractivity contribution >= 4 is 94.2 Å². The molecule has 0 saturated carbocycles. The van der Waals surface area contributed by atoms with Crippen LogP contribution in [-0.4, -0.2) is 69.8 Å². The van der Waals surface area contributed by atoms with Gasteiger partial charge in [-0.3, -0.25) is 14.4 Å². The number of nitrogens with one attached hydrogen (secondary N) is 3. The summed E-state index contributed by atoms with van der Waals surface area (Å²) < 4.78 is 11.9. The number of rotatable bonds is 6. The number of halogens is 2. The molecule has 4 aliphatic rings. The Morgan fingerprint density at radius 1 is 0.705 bits per heavy atom. The molecule has 0 aliphatic carbocycles. The molecule has 4 aromatic heterocycles. The maximum absolute atomic E-state index is 12.5. The topological polar surface area (TPSA) is 180 Å². The lowest BCUT2D eigenvalue weighted by atomic mass is 9.94. The van der Waals surface area contributed by atoms with Crippen LogP contribution in [0.2, 0.25) is 0 Å². The van der Waals surface area contributed by atoms with Gasteiger partial charge in [0.1, 0.15) is 34.3 Å². The first-order valence-electron chi connectivity index (χ1n) is 19.7. The van der Waals surface area contributed by atoms with Crippen LogP contribution < -0.4 is 16.0 Å². The van der Waals surface area contributed by atoms with Crippen molar-refractivity contribution in [3.05, 3.63) is 130 Å². The van der Waals surface area contributed by atoms with E-state index in [1.807, 2.05) is 47.4 Å². The molecule has 3 amide bonds. The zero-order chi connectivity index (χ0) is 41.0. The minimum atomic E-state index is -0.994. The maximum Gasteiger partial charge on any atom is 0.328 e. The fourth-order valence-electron chi connectivity index (χ4n) is 7.64. The first kappa shape index (κ1) is 44.3. The molecule has 0 unspecified atom stereocenters. The Morgan fingerprint density at radius 2 is 1.18 bits per heavy atom. The molecule has 2 aromatic carbocycles. The summed E-state index contributed by atoms with van der Waals surface area (Å²) in [7, 11) is 0. The molecule has 0 atom stereocenters. The van der Waals surface area contributed by atoms with Crippen LogP contribution in [0.4, 0.5) is 11.6 Å². The second-order valence-electron chi connectivity index (χ2n) is 15.1. The number of carbonyl (C=O) groups is 4. The van der Waals surface area contributed by atoms with Gasteiger partial charge in [0, 0.05) is 80.3 Å². The summed E-state index contributed by atoms with van der Waals surface area (Å²) in [5.74, 6) is 3.14. The molecular formula is C46H46Cl2N6O7. The highest BCUT2D eigenvalue weighted by atomic mass is 35.5. The molecular weight excluding hydrogens is 819 g/mol.